The SMILES string of the molecule is Cc1ccc(CSc2nnc(N3C(=O)C(=O)/C(=C(\O)c4ccccc4)C3c3cccs3)s2)cc1. The Labute approximate surface area is 208 Å². The number of aromatic nitrogens is 2. The lowest BCUT2D eigenvalue weighted by Crippen LogP contribution is -2.29. The van der Waals surface area contributed by atoms with E-state index in [1.165, 1.54) is 44.9 Å². The second-order valence-electron chi connectivity index (χ2n) is 7.68. The third kappa shape index (κ3) is 4.29. The molecular formula is C25H19N3O3S3. The van der Waals surface area contributed by atoms with Crippen LogP contribution in [0.4, 0.5) is 5.13 Å². The maximum absolute atomic E-state index is 13.1. The van der Waals surface area contributed by atoms with Gasteiger partial charge in [-0.1, -0.05) is 89.3 Å². The average molecular weight is 506 g/mol. The molecule has 1 amide bonds. The number of amides is 1. The van der Waals surface area contributed by atoms with Crippen molar-refractivity contribution in [1.29, 1.82) is 0 Å². The second kappa shape index (κ2) is 9.54. The van der Waals surface area contributed by atoms with Crippen LogP contribution in [0.2, 0.25) is 0 Å². The van der Waals surface area contributed by atoms with Crippen molar-refractivity contribution >= 4 is 57.0 Å². The minimum atomic E-state index is -0.761. The number of thiophene rings is 1. The Hall–Kier alpha value is -3.27. The fraction of sp³-hybridized carbons (Fsp3) is 0.120. The highest BCUT2D eigenvalue weighted by Gasteiger charge is 2.48. The maximum Gasteiger partial charge on any atom is 0.301 e. The first-order valence-corrected chi connectivity index (χ1v) is 13.1. The number of hydrogen-bond donors (Lipinski definition) is 1. The normalized spacial score (nSPS) is 17.4. The van der Waals surface area contributed by atoms with Gasteiger partial charge in [-0.3, -0.25) is 14.5 Å². The number of aliphatic hydroxyl groups is 1. The molecule has 9 heteroatoms. The van der Waals surface area contributed by atoms with Crippen molar-refractivity contribution < 1.29 is 14.7 Å². The largest absolute Gasteiger partial charge is 0.507 e. The van der Waals surface area contributed by atoms with Crippen LogP contribution in [0.3, 0.4) is 0 Å². The molecule has 0 radical (unpaired) electrons. The highest BCUT2D eigenvalue weighted by Crippen LogP contribution is 2.45. The van der Waals surface area contributed by atoms with Crippen molar-refractivity contribution in [3.05, 3.63) is 99.3 Å². The van der Waals surface area contributed by atoms with Crippen LogP contribution in [0.1, 0.15) is 27.6 Å². The average Bonchev–Trinajstić information content (AvgIpc) is 3.60. The molecule has 1 unspecified atom stereocenters. The van der Waals surface area contributed by atoms with Gasteiger partial charge in [0.1, 0.15) is 11.8 Å². The summed E-state index contributed by atoms with van der Waals surface area (Å²) in [6.07, 6.45) is 0. The van der Waals surface area contributed by atoms with Crippen molar-refractivity contribution in [2.24, 2.45) is 0 Å². The number of aliphatic hydroxyl groups excluding tert-OH is 1. The van der Waals surface area contributed by atoms with E-state index in [2.05, 4.69) is 34.5 Å². The zero-order chi connectivity index (χ0) is 23.7. The maximum atomic E-state index is 13.1. The highest BCUT2D eigenvalue weighted by atomic mass is 32.2. The summed E-state index contributed by atoms with van der Waals surface area (Å²) in [5.74, 6) is -0.930. The number of anilines is 1. The fourth-order valence-electron chi connectivity index (χ4n) is 3.68. The molecule has 1 fully saturated rings. The summed E-state index contributed by atoms with van der Waals surface area (Å²) in [7, 11) is 0. The van der Waals surface area contributed by atoms with E-state index < -0.39 is 17.7 Å². The fourth-order valence-corrected chi connectivity index (χ4v) is 6.33. The molecule has 1 N–H and O–H groups in total. The zero-order valence-corrected chi connectivity index (χ0v) is 20.5. The third-order valence-electron chi connectivity index (χ3n) is 5.39. The van der Waals surface area contributed by atoms with Crippen LogP contribution < -0.4 is 4.90 Å². The lowest BCUT2D eigenvalue weighted by molar-refractivity contribution is -0.132. The topological polar surface area (TPSA) is 83.4 Å². The van der Waals surface area contributed by atoms with Gasteiger partial charge >= 0.3 is 5.91 Å². The van der Waals surface area contributed by atoms with E-state index in [0.717, 1.165) is 16.2 Å². The molecule has 1 saturated heterocycles. The van der Waals surface area contributed by atoms with Crippen LogP contribution >= 0.6 is 34.4 Å². The third-order valence-corrected chi connectivity index (χ3v) is 8.44. The molecule has 6 nitrogen and oxygen atoms in total. The van der Waals surface area contributed by atoms with Crippen molar-refractivity contribution in [3.63, 3.8) is 0 Å². The number of rotatable bonds is 6. The summed E-state index contributed by atoms with van der Waals surface area (Å²) < 4.78 is 0.700. The molecule has 3 heterocycles. The Morgan fingerprint density at radius 3 is 2.50 bits per heavy atom. The second-order valence-corrected chi connectivity index (χ2v) is 10.8. The van der Waals surface area contributed by atoms with Gasteiger partial charge in [-0.05, 0) is 23.9 Å². The quantitative estimate of drug-likeness (QED) is 0.117. The molecular weight excluding hydrogens is 486 g/mol. The summed E-state index contributed by atoms with van der Waals surface area (Å²) in [4.78, 5) is 28.4. The van der Waals surface area contributed by atoms with Crippen LogP contribution in [0.15, 0.2) is 82.0 Å². The molecule has 0 spiro atoms. The van der Waals surface area contributed by atoms with E-state index in [-0.39, 0.29) is 11.3 Å². The number of ketones is 1. The number of Topliss-reactive ketones (excluding diaryl/α,β-unsaturated/α-hetero) is 1. The van der Waals surface area contributed by atoms with Crippen molar-refractivity contribution in [3.8, 4) is 0 Å². The lowest BCUT2D eigenvalue weighted by atomic mass is 10.00. The van der Waals surface area contributed by atoms with Crippen LogP contribution in [0.25, 0.3) is 5.76 Å². The number of aryl methyl sites for hydroxylation is 1. The summed E-state index contributed by atoms with van der Waals surface area (Å²) in [6, 6.07) is 20.0. The number of carbonyl (C=O) groups excluding carboxylic acids is 2. The van der Waals surface area contributed by atoms with E-state index in [1.54, 1.807) is 24.3 Å². The van der Waals surface area contributed by atoms with E-state index in [4.69, 9.17) is 0 Å². The van der Waals surface area contributed by atoms with Crippen molar-refractivity contribution in [2.45, 2.75) is 23.1 Å². The molecule has 2 aromatic carbocycles. The molecule has 0 aliphatic carbocycles. The van der Waals surface area contributed by atoms with Gasteiger partial charge in [0.25, 0.3) is 5.78 Å². The van der Waals surface area contributed by atoms with Crippen molar-refractivity contribution in [2.75, 3.05) is 4.90 Å². The first-order chi connectivity index (χ1) is 16.5. The first-order valence-electron chi connectivity index (χ1n) is 10.4. The van der Waals surface area contributed by atoms with Crippen LogP contribution in [0.5, 0.6) is 0 Å². The van der Waals surface area contributed by atoms with E-state index in [0.29, 0.717) is 15.0 Å². The minimum absolute atomic E-state index is 0.0581. The van der Waals surface area contributed by atoms with Gasteiger partial charge in [0.05, 0.1) is 5.57 Å². The zero-order valence-electron chi connectivity index (χ0n) is 18.0. The smallest absolute Gasteiger partial charge is 0.301 e. The standard InChI is InChI=1S/C25H19N3O3S3/c1-15-9-11-16(12-10-15)14-33-25-27-26-24(34-25)28-20(18-8-5-13-32-18)19(22(30)23(28)31)21(29)17-6-3-2-4-7-17/h2-13,20,29H,14H2,1H3/b21-19-. The van der Waals surface area contributed by atoms with Gasteiger partial charge in [0.2, 0.25) is 5.13 Å². The molecule has 1 aliphatic heterocycles. The van der Waals surface area contributed by atoms with Gasteiger partial charge in [-0.25, -0.2) is 0 Å². The van der Waals surface area contributed by atoms with Crippen LogP contribution in [-0.2, 0) is 15.3 Å². The predicted octanol–water partition coefficient (Wildman–Crippen LogP) is 5.83. The molecule has 5 rings (SSSR count). The summed E-state index contributed by atoms with van der Waals surface area (Å²) in [5.41, 5.74) is 2.90. The molecule has 34 heavy (non-hydrogen) atoms. The lowest BCUT2D eigenvalue weighted by Gasteiger charge is -2.20. The summed E-state index contributed by atoms with van der Waals surface area (Å²) in [6.45, 7) is 2.05. The van der Waals surface area contributed by atoms with Crippen LogP contribution in [0, 0.1) is 6.92 Å². The van der Waals surface area contributed by atoms with E-state index in [9.17, 15) is 14.7 Å². The molecule has 2 aromatic heterocycles. The monoisotopic (exact) mass is 505 g/mol. The molecule has 170 valence electrons. The Morgan fingerprint density at radius 2 is 1.79 bits per heavy atom. The number of carbonyl (C=O) groups is 2. The van der Waals surface area contributed by atoms with Crippen LogP contribution in [-0.4, -0.2) is 27.0 Å². The minimum Gasteiger partial charge on any atom is -0.507 e. The highest BCUT2D eigenvalue weighted by molar-refractivity contribution is 8.00. The molecule has 1 aliphatic rings. The Balaban J connectivity index is 1.49. The Bertz CT molecular complexity index is 1360. The van der Waals surface area contributed by atoms with Gasteiger partial charge < -0.3 is 5.11 Å². The number of hydrogen-bond acceptors (Lipinski definition) is 8. The molecule has 0 saturated carbocycles. The summed E-state index contributed by atoms with van der Waals surface area (Å²) in [5, 5.41) is 21.7. The predicted molar refractivity (Wildman–Crippen MR) is 136 cm³/mol. The van der Waals surface area contributed by atoms with Gasteiger partial charge in [-0.15, -0.1) is 21.5 Å². The Kier molecular flexibility index (Phi) is 6.32. The van der Waals surface area contributed by atoms with Crippen molar-refractivity contribution in [1.82, 2.24) is 10.2 Å². The van der Waals surface area contributed by atoms with E-state index in [1.807, 2.05) is 30.5 Å². The van der Waals surface area contributed by atoms with E-state index >= 15 is 0 Å². The first kappa shape index (κ1) is 22.5. The van der Waals surface area contributed by atoms with Gasteiger partial charge in [0.15, 0.2) is 4.34 Å². The summed E-state index contributed by atoms with van der Waals surface area (Å²) >= 11 is 4.20. The number of nitrogens with zero attached hydrogens (tertiary/aromatic N) is 3. The Morgan fingerprint density at radius 1 is 1.03 bits per heavy atom. The van der Waals surface area contributed by atoms with Gasteiger partial charge in [0, 0.05) is 16.2 Å². The van der Waals surface area contributed by atoms with Gasteiger partial charge in [-0.2, -0.15) is 0 Å². The number of thioether (sulfide) groups is 1. The molecule has 1 atom stereocenters. The molecule has 4 aromatic rings. The number of benzene rings is 2. The molecule has 0 bridgehead atoms.